The van der Waals surface area contributed by atoms with Crippen molar-refractivity contribution in [2.24, 2.45) is 5.16 Å². The molecule has 20 heavy (non-hydrogen) atoms. The minimum atomic E-state index is -1.32. The van der Waals surface area contributed by atoms with Crippen molar-refractivity contribution in [3.63, 3.8) is 0 Å². The molecule has 2 heterocycles. The van der Waals surface area contributed by atoms with Gasteiger partial charge < -0.3 is 14.9 Å². The molecule has 6 nitrogen and oxygen atoms in total. The molecule has 0 aliphatic carbocycles. The van der Waals surface area contributed by atoms with Crippen LogP contribution in [0, 0.1) is 0 Å². The second kappa shape index (κ2) is 4.49. The van der Waals surface area contributed by atoms with Crippen LogP contribution in [0.3, 0.4) is 0 Å². The molecule has 3 rings (SSSR count). The smallest absolute Gasteiger partial charge is 0.356 e. The maximum absolute atomic E-state index is 12.2. The van der Waals surface area contributed by atoms with E-state index in [9.17, 15) is 9.59 Å². The lowest BCUT2D eigenvalue weighted by Crippen LogP contribution is -2.35. The molecule has 1 unspecified atom stereocenters. The highest BCUT2D eigenvalue weighted by molar-refractivity contribution is 6.38. The Balaban J connectivity index is 1.95. The summed E-state index contributed by atoms with van der Waals surface area (Å²) in [5.74, 6) is -0.939. The molecule has 0 bridgehead atoms. The van der Waals surface area contributed by atoms with E-state index in [4.69, 9.17) is 21.2 Å². The van der Waals surface area contributed by atoms with Gasteiger partial charge in [-0.05, 0) is 25.1 Å². The summed E-state index contributed by atoms with van der Waals surface area (Å²) in [7, 11) is 0. The highest BCUT2D eigenvalue weighted by Gasteiger charge is 2.55. The van der Waals surface area contributed by atoms with Crippen LogP contribution >= 0.6 is 11.6 Å². The molecule has 1 atom stereocenters. The molecule has 1 aromatic rings. The number of ether oxygens (including phenoxy) is 1. The summed E-state index contributed by atoms with van der Waals surface area (Å²) in [6.45, 7) is 1.93. The largest absolute Gasteiger partial charge is 0.461 e. The third-order valence-corrected chi connectivity index (χ3v) is 3.51. The minimum absolute atomic E-state index is 0.0327. The quantitative estimate of drug-likeness (QED) is 0.844. The van der Waals surface area contributed by atoms with Crippen LogP contribution in [0.15, 0.2) is 23.4 Å². The molecule has 7 heteroatoms. The SMILES string of the molecule is CCOC(=O)C1=NOC2(C1)C(=O)Nc1ccc(Cl)cc12. The van der Waals surface area contributed by atoms with Crippen LogP contribution in [0.1, 0.15) is 18.9 Å². The van der Waals surface area contributed by atoms with E-state index in [2.05, 4.69) is 10.5 Å². The Morgan fingerprint density at radius 1 is 1.60 bits per heavy atom. The van der Waals surface area contributed by atoms with E-state index in [-0.39, 0.29) is 24.6 Å². The Hall–Kier alpha value is -2.08. The predicted molar refractivity (Wildman–Crippen MR) is 71.5 cm³/mol. The topological polar surface area (TPSA) is 77.0 Å². The van der Waals surface area contributed by atoms with Crippen LogP contribution in [-0.2, 0) is 24.8 Å². The minimum Gasteiger partial charge on any atom is -0.461 e. The van der Waals surface area contributed by atoms with E-state index in [1.54, 1.807) is 25.1 Å². The van der Waals surface area contributed by atoms with Crippen molar-refractivity contribution in [3.05, 3.63) is 28.8 Å². The maximum atomic E-state index is 12.2. The van der Waals surface area contributed by atoms with E-state index in [1.165, 1.54) is 0 Å². The fraction of sp³-hybridized carbons (Fsp3) is 0.308. The predicted octanol–water partition coefficient (Wildman–Crippen LogP) is 1.83. The van der Waals surface area contributed by atoms with Gasteiger partial charge in [-0.15, -0.1) is 0 Å². The van der Waals surface area contributed by atoms with E-state index in [1.807, 2.05) is 0 Å². The molecule has 2 aliphatic rings. The van der Waals surface area contributed by atoms with Crippen molar-refractivity contribution in [2.75, 3.05) is 11.9 Å². The average molecular weight is 295 g/mol. The van der Waals surface area contributed by atoms with Crippen molar-refractivity contribution in [2.45, 2.75) is 18.9 Å². The van der Waals surface area contributed by atoms with Crippen molar-refractivity contribution in [1.29, 1.82) is 0 Å². The summed E-state index contributed by atoms with van der Waals surface area (Å²) >= 11 is 5.96. The number of fused-ring (bicyclic) bond motifs is 2. The lowest BCUT2D eigenvalue weighted by molar-refractivity contribution is -0.137. The van der Waals surface area contributed by atoms with E-state index in [0.29, 0.717) is 16.3 Å². The summed E-state index contributed by atoms with van der Waals surface area (Å²) in [6.07, 6.45) is 0.0327. The van der Waals surface area contributed by atoms with Gasteiger partial charge in [0.15, 0.2) is 5.71 Å². The molecule has 0 saturated heterocycles. The number of nitrogens with one attached hydrogen (secondary N) is 1. The van der Waals surface area contributed by atoms with E-state index in [0.717, 1.165) is 0 Å². The third kappa shape index (κ3) is 1.76. The molecule has 1 amide bonds. The standard InChI is InChI=1S/C13H11ClN2O4/c1-2-19-11(17)10-6-13(20-16-10)8-5-7(14)3-4-9(8)15-12(13)18/h3-5H,2,6H2,1H3,(H,15,18). The van der Waals surface area contributed by atoms with Gasteiger partial charge in [0.05, 0.1) is 13.0 Å². The Bertz CT molecular complexity index is 643. The fourth-order valence-corrected chi connectivity index (χ4v) is 2.50. The number of esters is 1. The van der Waals surface area contributed by atoms with Gasteiger partial charge in [0.1, 0.15) is 0 Å². The summed E-state index contributed by atoms with van der Waals surface area (Å²) < 4.78 is 4.87. The van der Waals surface area contributed by atoms with E-state index >= 15 is 0 Å². The van der Waals surface area contributed by atoms with Crippen LogP contribution in [-0.4, -0.2) is 24.2 Å². The highest BCUT2D eigenvalue weighted by atomic mass is 35.5. The molecule has 1 aromatic carbocycles. The Labute approximate surface area is 119 Å². The van der Waals surface area contributed by atoms with Crippen molar-refractivity contribution in [3.8, 4) is 0 Å². The van der Waals surface area contributed by atoms with Crippen LogP contribution in [0.4, 0.5) is 5.69 Å². The molecule has 104 valence electrons. The molecule has 2 aliphatic heterocycles. The number of benzene rings is 1. The summed E-state index contributed by atoms with van der Waals surface area (Å²) in [4.78, 5) is 29.2. The molecule has 0 fully saturated rings. The molecule has 1 N–H and O–H groups in total. The van der Waals surface area contributed by atoms with Crippen LogP contribution in [0.2, 0.25) is 5.02 Å². The Morgan fingerprint density at radius 2 is 2.40 bits per heavy atom. The number of hydrogen-bond donors (Lipinski definition) is 1. The number of carbonyl (C=O) groups is 2. The van der Waals surface area contributed by atoms with Crippen molar-refractivity contribution >= 4 is 34.9 Å². The first kappa shape index (κ1) is 12.9. The first-order valence-corrected chi connectivity index (χ1v) is 6.48. The fourth-order valence-electron chi connectivity index (χ4n) is 2.33. The number of oxime groups is 1. The maximum Gasteiger partial charge on any atom is 0.356 e. The summed E-state index contributed by atoms with van der Waals surface area (Å²) in [5.41, 5.74) is -0.0323. The number of nitrogens with zero attached hydrogens (tertiary/aromatic N) is 1. The summed E-state index contributed by atoms with van der Waals surface area (Å²) in [6, 6.07) is 5.00. The number of anilines is 1. The van der Waals surface area contributed by atoms with Gasteiger partial charge in [-0.25, -0.2) is 4.79 Å². The molecule has 1 spiro atoms. The van der Waals surface area contributed by atoms with Crippen molar-refractivity contribution in [1.82, 2.24) is 0 Å². The van der Waals surface area contributed by atoms with E-state index < -0.39 is 11.6 Å². The summed E-state index contributed by atoms with van der Waals surface area (Å²) in [5, 5.41) is 6.89. The van der Waals surface area contributed by atoms with Crippen LogP contribution < -0.4 is 5.32 Å². The van der Waals surface area contributed by atoms with Gasteiger partial charge in [-0.3, -0.25) is 4.79 Å². The normalized spacial score (nSPS) is 23.1. The van der Waals surface area contributed by atoms with Crippen molar-refractivity contribution < 1.29 is 19.2 Å². The zero-order valence-corrected chi connectivity index (χ0v) is 11.4. The monoisotopic (exact) mass is 294 g/mol. The van der Waals surface area contributed by atoms with Gasteiger partial charge in [0.25, 0.3) is 5.91 Å². The number of hydrogen-bond acceptors (Lipinski definition) is 5. The Kier molecular flexibility index (Phi) is 2.90. The second-order valence-corrected chi connectivity index (χ2v) is 4.93. The van der Waals surface area contributed by atoms with Gasteiger partial charge in [0, 0.05) is 16.3 Å². The molecular formula is C13H11ClN2O4. The zero-order valence-electron chi connectivity index (χ0n) is 10.6. The van der Waals surface area contributed by atoms with Gasteiger partial charge >= 0.3 is 5.97 Å². The molecule has 0 aromatic heterocycles. The zero-order chi connectivity index (χ0) is 14.3. The number of amides is 1. The highest BCUT2D eigenvalue weighted by Crippen LogP contribution is 2.45. The van der Waals surface area contributed by atoms with Crippen LogP contribution in [0.25, 0.3) is 0 Å². The number of rotatable bonds is 2. The van der Waals surface area contributed by atoms with Gasteiger partial charge in [-0.2, -0.15) is 0 Å². The van der Waals surface area contributed by atoms with Gasteiger partial charge in [-0.1, -0.05) is 16.8 Å². The first-order chi connectivity index (χ1) is 9.56. The number of halogens is 1. The lowest BCUT2D eigenvalue weighted by Gasteiger charge is -2.18. The lowest BCUT2D eigenvalue weighted by atomic mass is 9.90. The third-order valence-electron chi connectivity index (χ3n) is 3.27. The second-order valence-electron chi connectivity index (χ2n) is 4.50. The molecule has 0 radical (unpaired) electrons. The first-order valence-electron chi connectivity index (χ1n) is 6.10. The Morgan fingerprint density at radius 3 is 3.15 bits per heavy atom. The molecule has 0 saturated carbocycles. The van der Waals surface area contributed by atoms with Gasteiger partial charge in [0.2, 0.25) is 5.60 Å². The van der Waals surface area contributed by atoms with Crippen LogP contribution in [0.5, 0.6) is 0 Å². The number of carbonyl (C=O) groups excluding carboxylic acids is 2. The average Bonchev–Trinajstić information content (AvgIpc) is 2.97. The molecular weight excluding hydrogens is 284 g/mol.